The predicted octanol–water partition coefficient (Wildman–Crippen LogP) is 1.75. The van der Waals surface area contributed by atoms with E-state index >= 15 is 0 Å². The number of nitrogens with zero attached hydrogens (tertiary/aromatic N) is 1. The molecule has 0 aromatic carbocycles. The van der Waals surface area contributed by atoms with Crippen LogP contribution < -0.4 is 5.32 Å². The first-order valence-corrected chi connectivity index (χ1v) is 5.78. The normalized spacial score (nSPS) is 14.0. The molecular formula is C12H24N2O2. The third-order valence-corrected chi connectivity index (χ3v) is 2.66. The Morgan fingerprint density at radius 2 is 2.19 bits per heavy atom. The average Bonchev–Trinajstić information content (AvgIpc) is 2.27. The van der Waals surface area contributed by atoms with Crippen molar-refractivity contribution in [2.45, 2.75) is 45.2 Å². The number of allylic oxidation sites excluding steroid dienone is 1. The quantitative estimate of drug-likeness (QED) is 0.515. The lowest BCUT2D eigenvalue weighted by Gasteiger charge is -2.25. The van der Waals surface area contributed by atoms with Gasteiger partial charge in [0.2, 0.25) is 0 Å². The van der Waals surface area contributed by atoms with Gasteiger partial charge in [0.25, 0.3) is 0 Å². The maximum Gasteiger partial charge on any atom is 0.317 e. The minimum Gasteiger partial charge on any atom is -0.394 e. The van der Waals surface area contributed by atoms with Gasteiger partial charge in [-0.15, -0.1) is 6.58 Å². The van der Waals surface area contributed by atoms with Gasteiger partial charge in [-0.05, 0) is 33.1 Å². The lowest BCUT2D eigenvalue weighted by Crippen LogP contribution is -2.46. The maximum absolute atomic E-state index is 11.7. The van der Waals surface area contributed by atoms with Crippen molar-refractivity contribution < 1.29 is 9.90 Å². The third-order valence-electron chi connectivity index (χ3n) is 2.66. The Morgan fingerprint density at radius 1 is 1.56 bits per heavy atom. The fourth-order valence-electron chi connectivity index (χ4n) is 1.28. The van der Waals surface area contributed by atoms with E-state index in [1.54, 1.807) is 7.05 Å². The molecule has 0 rings (SSSR count). The lowest BCUT2D eigenvalue weighted by molar-refractivity contribution is 0.155. The highest BCUT2D eigenvalue weighted by atomic mass is 16.3. The Kier molecular flexibility index (Phi) is 7.64. The number of carbonyl (C=O) groups excluding carboxylic acids is 1. The Labute approximate surface area is 98.3 Å². The molecule has 4 heteroatoms. The molecule has 94 valence electrons. The third kappa shape index (κ3) is 5.75. The van der Waals surface area contributed by atoms with Crippen LogP contribution in [-0.2, 0) is 0 Å². The summed E-state index contributed by atoms with van der Waals surface area (Å²) in [4.78, 5) is 13.2. The van der Waals surface area contributed by atoms with Crippen LogP contribution in [0.3, 0.4) is 0 Å². The van der Waals surface area contributed by atoms with E-state index in [4.69, 9.17) is 5.11 Å². The van der Waals surface area contributed by atoms with Gasteiger partial charge < -0.3 is 15.3 Å². The van der Waals surface area contributed by atoms with E-state index in [1.165, 1.54) is 4.90 Å². The number of hydrogen-bond donors (Lipinski definition) is 2. The Balaban J connectivity index is 3.89. The number of rotatable bonds is 7. The number of likely N-dealkylation sites (N-methyl/N-ethyl adjacent to an activating group) is 1. The van der Waals surface area contributed by atoms with Gasteiger partial charge in [-0.1, -0.05) is 6.08 Å². The first-order valence-electron chi connectivity index (χ1n) is 5.78. The highest BCUT2D eigenvalue weighted by molar-refractivity contribution is 5.74. The van der Waals surface area contributed by atoms with Crippen molar-refractivity contribution in [3.63, 3.8) is 0 Å². The highest BCUT2D eigenvalue weighted by Gasteiger charge is 2.16. The first kappa shape index (κ1) is 15.0. The molecule has 0 saturated heterocycles. The molecule has 2 unspecified atom stereocenters. The molecule has 0 fully saturated rings. The molecule has 0 radical (unpaired) electrons. The average molecular weight is 228 g/mol. The zero-order valence-corrected chi connectivity index (χ0v) is 10.6. The largest absolute Gasteiger partial charge is 0.394 e. The molecule has 2 amide bonds. The summed E-state index contributed by atoms with van der Waals surface area (Å²) in [5.41, 5.74) is 0. The minimum atomic E-state index is -0.152. The standard InChI is InChI=1S/C12H24N2O2/c1-5-6-7-8-10(2)13-12(16)14(4)11(3)9-15/h5,10-11,15H,1,6-9H2,2-4H3,(H,13,16). The number of urea groups is 1. The molecule has 16 heavy (non-hydrogen) atoms. The van der Waals surface area contributed by atoms with E-state index in [0.29, 0.717) is 0 Å². The summed E-state index contributed by atoms with van der Waals surface area (Å²) < 4.78 is 0. The monoisotopic (exact) mass is 228 g/mol. The van der Waals surface area contributed by atoms with E-state index in [1.807, 2.05) is 19.9 Å². The van der Waals surface area contributed by atoms with Crippen LogP contribution in [0, 0.1) is 0 Å². The number of aliphatic hydroxyl groups is 1. The van der Waals surface area contributed by atoms with Crippen molar-refractivity contribution in [3.8, 4) is 0 Å². The van der Waals surface area contributed by atoms with Gasteiger partial charge in [0.05, 0.1) is 12.6 Å². The number of amides is 2. The molecule has 0 aliphatic carbocycles. The van der Waals surface area contributed by atoms with Crippen LogP contribution in [-0.4, -0.2) is 41.8 Å². The molecule has 0 aliphatic heterocycles. The molecule has 2 atom stereocenters. The van der Waals surface area contributed by atoms with Crippen LogP contribution >= 0.6 is 0 Å². The van der Waals surface area contributed by atoms with Crippen LogP contribution in [0.5, 0.6) is 0 Å². The molecule has 0 spiro atoms. The summed E-state index contributed by atoms with van der Waals surface area (Å²) in [6.45, 7) is 7.43. The lowest BCUT2D eigenvalue weighted by atomic mass is 10.1. The second-order valence-electron chi connectivity index (χ2n) is 4.21. The van der Waals surface area contributed by atoms with Gasteiger partial charge in [-0.25, -0.2) is 4.79 Å². The Bertz CT molecular complexity index is 219. The van der Waals surface area contributed by atoms with E-state index in [-0.39, 0.29) is 24.7 Å². The second kappa shape index (κ2) is 8.16. The van der Waals surface area contributed by atoms with Gasteiger partial charge in [-0.2, -0.15) is 0 Å². The van der Waals surface area contributed by atoms with E-state index in [9.17, 15) is 4.79 Å². The summed E-state index contributed by atoms with van der Waals surface area (Å²) in [5.74, 6) is 0. The Morgan fingerprint density at radius 3 is 2.69 bits per heavy atom. The number of nitrogens with one attached hydrogen (secondary N) is 1. The van der Waals surface area contributed by atoms with Gasteiger partial charge >= 0.3 is 6.03 Å². The van der Waals surface area contributed by atoms with Crippen molar-refractivity contribution in [2.75, 3.05) is 13.7 Å². The molecule has 0 aliphatic rings. The number of hydrogen-bond acceptors (Lipinski definition) is 2. The molecular weight excluding hydrogens is 204 g/mol. The van der Waals surface area contributed by atoms with Gasteiger partial charge in [-0.3, -0.25) is 0 Å². The van der Waals surface area contributed by atoms with Crippen LogP contribution in [0.15, 0.2) is 12.7 Å². The maximum atomic E-state index is 11.7. The molecule has 0 saturated carbocycles. The topological polar surface area (TPSA) is 52.6 Å². The van der Waals surface area contributed by atoms with Gasteiger partial charge in [0, 0.05) is 13.1 Å². The first-order chi connectivity index (χ1) is 7.52. The smallest absolute Gasteiger partial charge is 0.317 e. The zero-order valence-electron chi connectivity index (χ0n) is 10.6. The van der Waals surface area contributed by atoms with E-state index < -0.39 is 0 Å². The summed E-state index contributed by atoms with van der Waals surface area (Å²) in [6, 6.07) is -0.131. The Hall–Kier alpha value is -1.03. The molecule has 0 aromatic rings. The van der Waals surface area contributed by atoms with Crippen molar-refractivity contribution in [3.05, 3.63) is 12.7 Å². The fourth-order valence-corrected chi connectivity index (χ4v) is 1.28. The summed E-state index contributed by atoms with van der Waals surface area (Å²) in [5, 5.41) is 11.8. The van der Waals surface area contributed by atoms with Crippen molar-refractivity contribution in [1.82, 2.24) is 10.2 Å². The van der Waals surface area contributed by atoms with E-state index in [0.717, 1.165) is 19.3 Å². The predicted molar refractivity (Wildman–Crippen MR) is 66.4 cm³/mol. The van der Waals surface area contributed by atoms with Crippen molar-refractivity contribution >= 4 is 6.03 Å². The SMILES string of the molecule is C=CCCCC(C)NC(=O)N(C)C(C)CO. The molecule has 0 heterocycles. The fraction of sp³-hybridized carbons (Fsp3) is 0.750. The van der Waals surface area contributed by atoms with Crippen LogP contribution in [0.2, 0.25) is 0 Å². The summed E-state index contributed by atoms with van der Waals surface area (Å²) >= 11 is 0. The van der Waals surface area contributed by atoms with Crippen LogP contribution in [0.1, 0.15) is 33.1 Å². The molecule has 0 aromatic heterocycles. The highest BCUT2D eigenvalue weighted by Crippen LogP contribution is 2.02. The molecule has 0 bridgehead atoms. The number of aliphatic hydroxyl groups excluding tert-OH is 1. The second-order valence-corrected chi connectivity index (χ2v) is 4.21. The zero-order chi connectivity index (χ0) is 12.6. The number of unbranched alkanes of at least 4 members (excludes halogenated alkanes) is 1. The number of carbonyl (C=O) groups is 1. The van der Waals surface area contributed by atoms with E-state index in [2.05, 4.69) is 11.9 Å². The van der Waals surface area contributed by atoms with Crippen LogP contribution in [0.4, 0.5) is 4.79 Å². The van der Waals surface area contributed by atoms with Gasteiger partial charge in [0.15, 0.2) is 0 Å². The summed E-state index contributed by atoms with van der Waals surface area (Å²) in [6.07, 6.45) is 4.83. The van der Waals surface area contributed by atoms with Crippen LogP contribution in [0.25, 0.3) is 0 Å². The van der Waals surface area contributed by atoms with Gasteiger partial charge in [0.1, 0.15) is 0 Å². The van der Waals surface area contributed by atoms with Crippen molar-refractivity contribution in [2.24, 2.45) is 0 Å². The summed E-state index contributed by atoms with van der Waals surface area (Å²) in [7, 11) is 1.69. The van der Waals surface area contributed by atoms with Crippen molar-refractivity contribution in [1.29, 1.82) is 0 Å². The molecule has 2 N–H and O–H groups in total. The molecule has 4 nitrogen and oxygen atoms in total. The minimum absolute atomic E-state index is 0.0191.